The molecule has 0 aliphatic carbocycles. The zero-order chi connectivity index (χ0) is 26.0. The summed E-state index contributed by atoms with van der Waals surface area (Å²) in [5.74, 6) is 0.893. The SMILES string of the molecule is COc1ccc(/C=C/c2cc(OC)c(OC)c(OC)c2)cc1OC(=O)COCC(=O)OC(C)(C)C. The molecular weight excluding hydrogens is 456 g/mol. The topological polar surface area (TPSA) is 98.8 Å². The van der Waals surface area contributed by atoms with Crippen LogP contribution >= 0.6 is 0 Å². The molecule has 0 saturated heterocycles. The molecular formula is C26H32O9. The Bertz CT molecular complexity index is 1030. The molecule has 35 heavy (non-hydrogen) atoms. The molecule has 9 nitrogen and oxygen atoms in total. The van der Waals surface area contributed by atoms with Gasteiger partial charge in [0.25, 0.3) is 0 Å². The number of ether oxygens (including phenoxy) is 7. The van der Waals surface area contributed by atoms with Crippen LogP contribution in [0.15, 0.2) is 30.3 Å². The van der Waals surface area contributed by atoms with E-state index in [1.807, 2.05) is 30.4 Å². The molecule has 0 aromatic heterocycles. The fourth-order valence-corrected chi connectivity index (χ4v) is 3.01. The number of carbonyl (C=O) groups is 2. The zero-order valence-electron chi connectivity index (χ0n) is 21.1. The van der Waals surface area contributed by atoms with Gasteiger partial charge in [0.15, 0.2) is 23.0 Å². The van der Waals surface area contributed by atoms with Crippen molar-refractivity contribution < 1.29 is 42.7 Å². The van der Waals surface area contributed by atoms with E-state index in [9.17, 15) is 9.59 Å². The van der Waals surface area contributed by atoms with E-state index in [0.29, 0.717) is 23.0 Å². The molecule has 190 valence electrons. The second-order valence-electron chi connectivity index (χ2n) is 8.26. The van der Waals surface area contributed by atoms with Gasteiger partial charge in [0.05, 0.1) is 28.4 Å². The molecule has 0 bridgehead atoms. The van der Waals surface area contributed by atoms with Gasteiger partial charge in [0, 0.05) is 0 Å². The maximum Gasteiger partial charge on any atom is 0.337 e. The monoisotopic (exact) mass is 488 g/mol. The Balaban J connectivity index is 2.11. The third-order valence-electron chi connectivity index (χ3n) is 4.43. The summed E-state index contributed by atoms with van der Waals surface area (Å²) in [6, 6.07) is 8.76. The highest BCUT2D eigenvalue weighted by atomic mass is 16.6. The van der Waals surface area contributed by atoms with Gasteiger partial charge in [-0.2, -0.15) is 0 Å². The van der Waals surface area contributed by atoms with Crippen molar-refractivity contribution in [3.8, 4) is 28.7 Å². The highest BCUT2D eigenvalue weighted by molar-refractivity contribution is 5.77. The average Bonchev–Trinajstić information content (AvgIpc) is 2.80. The van der Waals surface area contributed by atoms with Crippen LogP contribution in [0.25, 0.3) is 12.2 Å². The van der Waals surface area contributed by atoms with Crippen LogP contribution in [0.5, 0.6) is 28.7 Å². The maximum absolute atomic E-state index is 12.2. The summed E-state index contributed by atoms with van der Waals surface area (Å²) in [6.07, 6.45) is 3.68. The van der Waals surface area contributed by atoms with E-state index in [4.69, 9.17) is 33.2 Å². The lowest BCUT2D eigenvalue weighted by molar-refractivity contribution is -0.161. The lowest BCUT2D eigenvalue weighted by Gasteiger charge is -2.19. The molecule has 9 heteroatoms. The number of rotatable bonds is 11. The van der Waals surface area contributed by atoms with E-state index < -0.39 is 24.1 Å². The van der Waals surface area contributed by atoms with Crippen LogP contribution in [0.1, 0.15) is 31.9 Å². The second kappa shape index (κ2) is 12.7. The maximum atomic E-state index is 12.2. The first kappa shape index (κ1) is 27.5. The lowest BCUT2D eigenvalue weighted by Crippen LogP contribution is -2.27. The van der Waals surface area contributed by atoms with Gasteiger partial charge < -0.3 is 33.2 Å². The first-order chi connectivity index (χ1) is 16.6. The predicted molar refractivity (Wildman–Crippen MR) is 130 cm³/mol. The van der Waals surface area contributed by atoms with Gasteiger partial charge in [-0.05, 0) is 56.2 Å². The molecule has 2 aromatic rings. The average molecular weight is 489 g/mol. The van der Waals surface area contributed by atoms with Gasteiger partial charge in [0.2, 0.25) is 5.75 Å². The normalized spacial score (nSPS) is 11.2. The van der Waals surface area contributed by atoms with E-state index in [2.05, 4.69) is 0 Å². The summed E-state index contributed by atoms with van der Waals surface area (Å²) in [5.41, 5.74) is 0.922. The Morgan fingerprint density at radius 1 is 0.714 bits per heavy atom. The van der Waals surface area contributed by atoms with Gasteiger partial charge in [-0.15, -0.1) is 0 Å². The third-order valence-corrected chi connectivity index (χ3v) is 4.43. The molecule has 0 N–H and O–H groups in total. The highest BCUT2D eigenvalue weighted by Gasteiger charge is 2.17. The third kappa shape index (κ3) is 8.53. The minimum atomic E-state index is -0.683. The summed E-state index contributed by atoms with van der Waals surface area (Å²) in [6.45, 7) is 4.45. The number of carbonyl (C=O) groups excluding carboxylic acids is 2. The smallest absolute Gasteiger partial charge is 0.337 e. The minimum absolute atomic E-state index is 0.213. The van der Waals surface area contributed by atoms with E-state index in [1.165, 1.54) is 7.11 Å². The van der Waals surface area contributed by atoms with E-state index in [-0.39, 0.29) is 12.4 Å². The van der Waals surface area contributed by atoms with Crippen molar-refractivity contribution in [3.05, 3.63) is 41.5 Å². The van der Waals surface area contributed by atoms with Gasteiger partial charge in [-0.1, -0.05) is 18.2 Å². The molecule has 0 heterocycles. The molecule has 0 unspecified atom stereocenters. The first-order valence-electron chi connectivity index (χ1n) is 10.8. The lowest BCUT2D eigenvalue weighted by atomic mass is 10.1. The van der Waals surface area contributed by atoms with Gasteiger partial charge in [-0.3, -0.25) is 0 Å². The number of benzene rings is 2. The van der Waals surface area contributed by atoms with Crippen LogP contribution in [0, 0.1) is 0 Å². The molecule has 2 aromatic carbocycles. The Kier molecular flexibility index (Phi) is 9.96. The van der Waals surface area contributed by atoms with Gasteiger partial charge in [0.1, 0.15) is 18.8 Å². The molecule has 0 saturated carbocycles. The van der Waals surface area contributed by atoms with E-state index >= 15 is 0 Å². The fourth-order valence-electron chi connectivity index (χ4n) is 3.01. The second-order valence-corrected chi connectivity index (χ2v) is 8.26. The van der Waals surface area contributed by atoms with Crippen LogP contribution in [0.3, 0.4) is 0 Å². The van der Waals surface area contributed by atoms with Crippen molar-refractivity contribution >= 4 is 24.1 Å². The number of esters is 2. The van der Waals surface area contributed by atoms with Crippen LogP contribution in [-0.4, -0.2) is 59.2 Å². The number of methoxy groups -OCH3 is 4. The molecule has 2 rings (SSSR count). The van der Waals surface area contributed by atoms with Gasteiger partial charge >= 0.3 is 11.9 Å². The quantitative estimate of drug-likeness (QED) is 0.262. The van der Waals surface area contributed by atoms with Crippen molar-refractivity contribution in [3.63, 3.8) is 0 Å². The van der Waals surface area contributed by atoms with Crippen LogP contribution in [-0.2, 0) is 19.1 Å². The standard InChI is InChI=1S/C26H32O9/c1-26(2,3)35-24(28)16-33-15-23(27)34-20-12-17(10-11-19(20)29-4)8-9-18-13-21(30-5)25(32-7)22(14-18)31-6/h8-14H,15-16H2,1-7H3/b9-8+. The Labute approximate surface area is 205 Å². The number of hydrogen-bond acceptors (Lipinski definition) is 9. The van der Waals surface area contributed by atoms with E-state index in [0.717, 1.165) is 11.1 Å². The highest BCUT2D eigenvalue weighted by Crippen LogP contribution is 2.38. The summed E-state index contributed by atoms with van der Waals surface area (Å²) < 4.78 is 37.0. The van der Waals surface area contributed by atoms with Crippen LogP contribution < -0.4 is 23.7 Å². The molecule has 0 radical (unpaired) electrons. The molecule has 0 fully saturated rings. The van der Waals surface area contributed by atoms with E-state index in [1.54, 1.807) is 54.2 Å². The van der Waals surface area contributed by atoms with Crippen molar-refractivity contribution in [1.82, 2.24) is 0 Å². The molecule has 0 aliphatic heterocycles. The summed E-state index contributed by atoms with van der Waals surface area (Å²) in [4.78, 5) is 23.9. The minimum Gasteiger partial charge on any atom is -0.493 e. The molecule has 0 aliphatic rings. The van der Waals surface area contributed by atoms with Crippen LogP contribution in [0.4, 0.5) is 0 Å². The molecule has 0 spiro atoms. The van der Waals surface area contributed by atoms with Crippen LogP contribution in [0.2, 0.25) is 0 Å². The summed E-state index contributed by atoms with van der Waals surface area (Å²) in [5, 5.41) is 0. The van der Waals surface area contributed by atoms with Crippen molar-refractivity contribution in [2.24, 2.45) is 0 Å². The summed E-state index contributed by atoms with van der Waals surface area (Å²) >= 11 is 0. The Morgan fingerprint density at radius 2 is 1.26 bits per heavy atom. The summed E-state index contributed by atoms with van der Waals surface area (Å²) in [7, 11) is 6.11. The molecule has 0 atom stereocenters. The van der Waals surface area contributed by atoms with Crippen molar-refractivity contribution in [1.29, 1.82) is 0 Å². The largest absolute Gasteiger partial charge is 0.493 e. The van der Waals surface area contributed by atoms with Crippen molar-refractivity contribution in [2.45, 2.75) is 26.4 Å². The Hall–Kier alpha value is -3.72. The zero-order valence-corrected chi connectivity index (χ0v) is 21.1. The fraction of sp³-hybridized carbons (Fsp3) is 0.385. The first-order valence-corrected chi connectivity index (χ1v) is 10.8. The van der Waals surface area contributed by atoms with Crippen molar-refractivity contribution in [2.75, 3.05) is 41.7 Å². The molecule has 0 amide bonds. The Morgan fingerprint density at radius 3 is 1.80 bits per heavy atom. The predicted octanol–water partition coefficient (Wildman–Crippen LogP) is 4.16. The van der Waals surface area contributed by atoms with Gasteiger partial charge in [-0.25, -0.2) is 9.59 Å². The number of hydrogen-bond donors (Lipinski definition) is 0.